The lowest BCUT2D eigenvalue weighted by molar-refractivity contribution is 0.0989. The molecule has 0 bridgehead atoms. The summed E-state index contributed by atoms with van der Waals surface area (Å²) in [7, 11) is 0. The maximum absolute atomic E-state index is 13.5. The van der Waals surface area contributed by atoms with Gasteiger partial charge in [0.2, 0.25) is 0 Å². The van der Waals surface area contributed by atoms with Crippen molar-refractivity contribution in [2.45, 2.75) is 6.42 Å². The molecule has 1 nitrogen and oxygen atoms in total. The fourth-order valence-electron chi connectivity index (χ4n) is 1.44. The molecule has 0 spiro atoms. The quantitative estimate of drug-likeness (QED) is 0.570. The van der Waals surface area contributed by atoms with E-state index in [4.69, 9.17) is 11.6 Å². The monoisotopic (exact) mass is 350 g/mol. The number of halogens is 4. The van der Waals surface area contributed by atoms with Crippen molar-refractivity contribution in [3.05, 3.63) is 55.1 Å². The summed E-state index contributed by atoms with van der Waals surface area (Å²) in [6, 6.07) is 3.42. The Balaban J connectivity index is 2.26. The highest BCUT2D eigenvalue weighted by atomic mass is 79.9. The number of carbonyl (C=O) groups is 1. The molecule has 0 aliphatic rings. The number of hydrogen-bond acceptors (Lipinski definition) is 2. The van der Waals surface area contributed by atoms with Crippen LogP contribution in [0.2, 0.25) is 5.02 Å². The summed E-state index contributed by atoms with van der Waals surface area (Å²) in [5.41, 5.74) is -0.276. The summed E-state index contributed by atoms with van der Waals surface area (Å²) >= 11 is 10.1. The van der Waals surface area contributed by atoms with E-state index in [0.29, 0.717) is 0 Å². The topological polar surface area (TPSA) is 17.1 Å². The van der Waals surface area contributed by atoms with E-state index >= 15 is 0 Å². The zero-order valence-corrected chi connectivity index (χ0v) is 12.0. The van der Waals surface area contributed by atoms with Crippen molar-refractivity contribution in [1.82, 2.24) is 0 Å². The molecule has 0 fully saturated rings. The van der Waals surface area contributed by atoms with Gasteiger partial charge in [0.25, 0.3) is 0 Å². The van der Waals surface area contributed by atoms with Crippen LogP contribution in [0.15, 0.2) is 28.1 Å². The van der Waals surface area contributed by atoms with Crippen molar-refractivity contribution in [3.63, 3.8) is 0 Å². The van der Waals surface area contributed by atoms with Crippen LogP contribution in [0.1, 0.15) is 15.2 Å². The number of rotatable bonds is 3. The fourth-order valence-corrected chi connectivity index (χ4v) is 3.04. The molecule has 0 aliphatic carbocycles. The molecular weight excluding hydrogens is 346 g/mol. The molecule has 2 rings (SSSR count). The second-order valence-electron chi connectivity index (χ2n) is 3.58. The maximum atomic E-state index is 13.5. The van der Waals surface area contributed by atoms with E-state index < -0.39 is 17.4 Å². The van der Waals surface area contributed by atoms with Gasteiger partial charge in [0.15, 0.2) is 5.78 Å². The van der Waals surface area contributed by atoms with Crippen LogP contribution >= 0.6 is 38.9 Å². The first-order chi connectivity index (χ1) is 8.47. The molecule has 0 aliphatic heterocycles. The van der Waals surface area contributed by atoms with Crippen LogP contribution in [0.3, 0.4) is 0 Å². The first kappa shape index (κ1) is 13.6. The van der Waals surface area contributed by atoms with Crippen molar-refractivity contribution in [2.24, 2.45) is 0 Å². The number of benzene rings is 1. The van der Waals surface area contributed by atoms with Crippen LogP contribution in [0.25, 0.3) is 0 Å². The Hall–Kier alpha value is -0.780. The fraction of sp³-hybridized carbons (Fsp3) is 0.0833. The molecule has 18 heavy (non-hydrogen) atoms. The zero-order valence-electron chi connectivity index (χ0n) is 8.84. The van der Waals surface area contributed by atoms with Gasteiger partial charge in [-0.15, -0.1) is 11.3 Å². The third kappa shape index (κ3) is 2.96. The first-order valence-corrected chi connectivity index (χ1v) is 6.93. The number of Topliss-reactive ketones (excluding diaryl/α,β-unsaturated/α-hetero) is 1. The molecule has 1 aromatic carbocycles. The lowest BCUT2D eigenvalue weighted by Crippen LogP contribution is -2.06. The Bertz CT molecular complexity index is 612. The van der Waals surface area contributed by atoms with Gasteiger partial charge >= 0.3 is 0 Å². The average molecular weight is 352 g/mol. The molecule has 0 saturated carbocycles. The van der Waals surface area contributed by atoms with Crippen LogP contribution in [-0.4, -0.2) is 5.78 Å². The second kappa shape index (κ2) is 5.47. The standard InChI is InChI=1S/C12H6BrClF2OS/c13-6-1-7(18-5-6)2-12(17)8-3-11(16)9(14)4-10(8)15/h1,3-5H,2H2. The third-order valence-corrected chi connectivity index (χ3v) is 4.25. The van der Waals surface area contributed by atoms with Gasteiger partial charge in [-0.1, -0.05) is 11.6 Å². The van der Waals surface area contributed by atoms with Gasteiger partial charge in [-0.25, -0.2) is 8.78 Å². The Morgan fingerprint density at radius 1 is 1.28 bits per heavy atom. The van der Waals surface area contributed by atoms with Gasteiger partial charge in [-0.3, -0.25) is 4.79 Å². The molecule has 0 radical (unpaired) electrons. The molecule has 0 amide bonds. The number of carbonyl (C=O) groups excluding carboxylic acids is 1. The second-order valence-corrected chi connectivity index (χ2v) is 5.90. The summed E-state index contributed by atoms with van der Waals surface area (Å²) in [5.74, 6) is -2.08. The van der Waals surface area contributed by atoms with Crippen molar-refractivity contribution in [3.8, 4) is 0 Å². The van der Waals surface area contributed by atoms with Crippen LogP contribution in [-0.2, 0) is 6.42 Å². The summed E-state index contributed by atoms with van der Waals surface area (Å²) in [4.78, 5) is 12.6. The van der Waals surface area contributed by atoms with E-state index in [1.165, 1.54) is 11.3 Å². The van der Waals surface area contributed by atoms with Crippen LogP contribution in [0.5, 0.6) is 0 Å². The van der Waals surface area contributed by atoms with E-state index in [0.717, 1.165) is 21.5 Å². The predicted octanol–water partition coefficient (Wildman–Crippen LogP) is 4.87. The van der Waals surface area contributed by atoms with E-state index in [1.54, 1.807) is 6.07 Å². The van der Waals surface area contributed by atoms with E-state index in [9.17, 15) is 13.6 Å². The Kier molecular flexibility index (Phi) is 4.14. The molecule has 0 saturated heterocycles. The Morgan fingerprint density at radius 3 is 2.61 bits per heavy atom. The highest BCUT2D eigenvalue weighted by molar-refractivity contribution is 9.10. The van der Waals surface area contributed by atoms with Gasteiger partial charge in [-0.05, 0) is 34.1 Å². The van der Waals surface area contributed by atoms with E-state index in [2.05, 4.69) is 15.9 Å². The SMILES string of the molecule is O=C(Cc1cc(Br)cs1)c1cc(F)c(Cl)cc1F. The average Bonchev–Trinajstić information content (AvgIpc) is 2.69. The number of thiophene rings is 1. The number of hydrogen-bond donors (Lipinski definition) is 0. The third-order valence-electron chi connectivity index (χ3n) is 2.27. The summed E-state index contributed by atoms with van der Waals surface area (Å²) in [6.07, 6.45) is 0.0360. The van der Waals surface area contributed by atoms with E-state index in [-0.39, 0.29) is 17.0 Å². The molecule has 6 heteroatoms. The van der Waals surface area contributed by atoms with Gasteiger partial charge in [0.05, 0.1) is 10.6 Å². The molecule has 2 aromatic rings. The van der Waals surface area contributed by atoms with Gasteiger partial charge in [-0.2, -0.15) is 0 Å². The molecule has 1 aromatic heterocycles. The van der Waals surface area contributed by atoms with Gasteiger partial charge in [0, 0.05) is 21.2 Å². The van der Waals surface area contributed by atoms with Crippen molar-refractivity contribution >= 4 is 44.7 Å². The molecular formula is C12H6BrClF2OS. The lowest BCUT2D eigenvalue weighted by atomic mass is 10.1. The Morgan fingerprint density at radius 2 is 2.00 bits per heavy atom. The molecule has 1 heterocycles. The van der Waals surface area contributed by atoms with Crippen molar-refractivity contribution in [1.29, 1.82) is 0 Å². The molecule has 0 N–H and O–H groups in total. The van der Waals surface area contributed by atoms with Gasteiger partial charge < -0.3 is 0 Å². The molecule has 0 unspecified atom stereocenters. The lowest BCUT2D eigenvalue weighted by Gasteiger charge is -2.03. The summed E-state index contributed by atoms with van der Waals surface area (Å²) in [6.45, 7) is 0. The Labute approximate surface area is 120 Å². The normalized spacial score (nSPS) is 10.7. The van der Waals surface area contributed by atoms with Crippen LogP contribution < -0.4 is 0 Å². The minimum atomic E-state index is -0.804. The van der Waals surface area contributed by atoms with Gasteiger partial charge in [0.1, 0.15) is 11.6 Å². The summed E-state index contributed by atoms with van der Waals surface area (Å²) in [5, 5.41) is 1.49. The largest absolute Gasteiger partial charge is 0.294 e. The van der Waals surface area contributed by atoms with Crippen molar-refractivity contribution in [2.75, 3.05) is 0 Å². The maximum Gasteiger partial charge on any atom is 0.171 e. The van der Waals surface area contributed by atoms with Crippen molar-refractivity contribution < 1.29 is 13.6 Å². The van der Waals surface area contributed by atoms with E-state index in [1.807, 2.05) is 5.38 Å². The minimum Gasteiger partial charge on any atom is -0.294 e. The highest BCUT2D eigenvalue weighted by Crippen LogP contribution is 2.24. The first-order valence-electron chi connectivity index (χ1n) is 4.88. The zero-order chi connectivity index (χ0) is 13.3. The van der Waals surface area contributed by atoms with Crippen LogP contribution in [0, 0.1) is 11.6 Å². The smallest absolute Gasteiger partial charge is 0.171 e. The minimum absolute atomic E-state index is 0.0360. The number of ketones is 1. The van der Waals surface area contributed by atoms with Crippen LogP contribution in [0.4, 0.5) is 8.78 Å². The molecule has 94 valence electrons. The summed E-state index contributed by atoms with van der Waals surface area (Å²) < 4.78 is 27.6. The predicted molar refractivity (Wildman–Crippen MR) is 71.4 cm³/mol. The molecule has 0 atom stereocenters. The highest BCUT2D eigenvalue weighted by Gasteiger charge is 2.16.